The van der Waals surface area contributed by atoms with Gasteiger partial charge < -0.3 is 19.5 Å². The molecule has 1 atom stereocenters. The first-order valence-corrected chi connectivity index (χ1v) is 6.82. The molecule has 1 N–H and O–H groups in total. The Morgan fingerprint density at radius 2 is 2.29 bits per heavy atom. The van der Waals surface area contributed by atoms with E-state index in [1.54, 1.807) is 7.05 Å². The van der Waals surface area contributed by atoms with Gasteiger partial charge in [0.15, 0.2) is 6.10 Å². The van der Waals surface area contributed by atoms with Crippen molar-refractivity contribution in [3.05, 3.63) is 41.8 Å². The average molecular weight is 287 g/mol. The number of hydrogen-bond donors (Lipinski definition) is 1. The number of ether oxygens (including phenoxy) is 1. The minimum atomic E-state index is -0.530. The van der Waals surface area contributed by atoms with Crippen molar-refractivity contribution in [2.24, 2.45) is 0 Å². The normalized spacial score (nSPS) is 17.0. The number of benzene rings is 1. The molecule has 2 aromatic rings. The van der Waals surface area contributed by atoms with Crippen LogP contribution in [-0.4, -0.2) is 30.8 Å². The van der Waals surface area contributed by atoms with Crippen molar-refractivity contribution < 1.29 is 14.1 Å². The lowest BCUT2D eigenvalue weighted by atomic mass is 10.1. The summed E-state index contributed by atoms with van der Waals surface area (Å²) in [5.41, 5.74) is 1.79. The van der Waals surface area contributed by atoms with Crippen LogP contribution in [-0.2, 0) is 11.3 Å². The number of rotatable bonds is 3. The summed E-state index contributed by atoms with van der Waals surface area (Å²) in [5.74, 6) is 1.35. The van der Waals surface area contributed by atoms with Gasteiger partial charge in [0, 0.05) is 13.1 Å². The second-order valence-electron chi connectivity index (χ2n) is 5.00. The number of nitrogens with one attached hydrogen (secondary N) is 1. The van der Waals surface area contributed by atoms with Gasteiger partial charge in [0.25, 0.3) is 5.91 Å². The molecule has 6 heteroatoms. The average Bonchev–Trinajstić information content (AvgIpc) is 2.91. The van der Waals surface area contributed by atoms with E-state index in [4.69, 9.17) is 9.26 Å². The molecular weight excluding hydrogens is 270 g/mol. The van der Waals surface area contributed by atoms with Crippen LogP contribution in [0.1, 0.15) is 11.5 Å². The summed E-state index contributed by atoms with van der Waals surface area (Å²) in [4.78, 5) is 14.0. The van der Waals surface area contributed by atoms with Gasteiger partial charge in [-0.3, -0.25) is 4.79 Å². The zero-order chi connectivity index (χ0) is 14.8. The van der Waals surface area contributed by atoms with Crippen LogP contribution in [0.25, 0.3) is 0 Å². The quantitative estimate of drug-likeness (QED) is 0.926. The topological polar surface area (TPSA) is 67.6 Å². The van der Waals surface area contributed by atoms with E-state index in [-0.39, 0.29) is 5.91 Å². The fourth-order valence-corrected chi connectivity index (χ4v) is 2.44. The van der Waals surface area contributed by atoms with Crippen molar-refractivity contribution in [2.75, 3.05) is 18.5 Å². The smallest absolute Gasteiger partial charge is 0.262 e. The summed E-state index contributed by atoms with van der Waals surface area (Å²) in [7, 11) is 1.61. The molecule has 1 amide bonds. The van der Waals surface area contributed by atoms with Gasteiger partial charge in [-0.05, 0) is 19.1 Å². The Morgan fingerprint density at radius 3 is 3.00 bits per heavy atom. The van der Waals surface area contributed by atoms with E-state index in [2.05, 4.69) is 15.4 Å². The summed E-state index contributed by atoms with van der Waals surface area (Å²) in [6, 6.07) is 9.58. The predicted octanol–water partition coefficient (Wildman–Crippen LogP) is 1.50. The summed E-state index contributed by atoms with van der Waals surface area (Å²) < 4.78 is 10.9. The Kier molecular flexibility index (Phi) is 3.51. The number of hydrogen-bond acceptors (Lipinski definition) is 5. The molecule has 3 rings (SSSR count). The van der Waals surface area contributed by atoms with Crippen LogP contribution in [0.5, 0.6) is 5.75 Å². The van der Waals surface area contributed by atoms with Gasteiger partial charge in [-0.25, -0.2) is 0 Å². The molecule has 6 nitrogen and oxygen atoms in total. The number of para-hydroxylation sites is 2. The molecule has 0 spiro atoms. The van der Waals surface area contributed by atoms with Crippen molar-refractivity contribution in [2.45, 2.75) is 19.6 Å². The summed E-state index contributed by atoms with van der Waals surface area (Å²) in [5, 5.41) is 6.64. The monoisotopic (exact) mass is 287 g/mol. The number of nitrogens with zero attached hydrogens (tertiary/aromatic N) is 2. The number of anilines is 1. The van der Waals surface area contributed by atoms with Crippen LogP contribution in [0.2, 0.25) is 0 Å². The van der Waals surface area contributed by atoms with Gasteiger partial charge in [-0.15, -0.1) is 0 Å². The standard InChI is InChI=1S/C15H17N3O3/c1-10-7-11(17-21-10)8-18-9-14(15(19)16-2)20-13-6-4-3-5-12(13)18/h3-7,14H,8-9H2,1-2H3,(H,16,19)/t14-/m0/s1. The number of fused-ring (bicyclic) bond motifs is 1. The third-order valence-electron chi connectivity index (χ3n) is 3.43. The lowest BCUT2D eigenvalue weighted by molar-refractivity contribution is -0.127. The van der Waals surface area contributed by atoms with Crippen LogP contribution < -0.4 is 15.0 Å². The maximum atomic E-state index is 11.9. The summed E-state index contributed by atoms with van der Waals surface area (Å²) in [6.45, 7) is 2.91. The largest absolute Gasteiger partial charge is 0.477 e. The van der Waals surface area contributed by atoms with Crippen LogP contribution in [0.4, 0.5) is 5.69 Å². The minimum Gasteiger partial charge on any atom is -0.477 e. The lowest BCUT2D eigenvalue weighted by Gasteiger charge is -2.34. The summed E-state index contributed by atoms with van der Waals surface area (Å²) >= 11 is 0. The number of carbonyl (C=O) groups is 1. The Balaban J connectivity index is 1.88. The Bertz CT molecular complexity index is 653. The number of aromatic nitrogens is 1. The van der Waals surface area contributed by atoms with Crippen molar-refractivity contribution in [3.63, 3.8) is 0 Å². The van der Waals surface area contributed by atoms with Crippen LogP contribution in [0.3, 0.4) is 0 Å². The first-order chi connectivity index (χ1) is 10.2. The molecule has 0 saturated carbocycles. The second kappa shape index (κ2) is 5.47. The molecule has 0 bridgehead atoms. The predicted molar refractivity (Wildman–Crippen MR) is 77.2 cm³/mol. The van der Waals surface area contributed by atoms with E-state index in [0.29, 0.717) is 18.8 Å². The maximum Gasteiger partial charge on any atom is 0.262 e. The van der Waals surface area contributed by atoms with Gasteiger partial charge in [-0.2, -0.15) is 0 Å². The third kappa shape index (κ3) is 2.69. The van der Waals surface area contributed by atoms with E-state index in [9.17, 15) is 4.79 Å². The van der Waals surface area contributed by atoms with E-state index in [1.807, 2.05) is 37.3 Å². The van der Waals surface area contributed by atoms with Gasteiger partial charge in [0.2, 0.25) is 0 Å². The van der Waals surface area contributed by atoms with Gasteiger partial charge in [0.1, 0.15) is 17.2 Å². The highest BCUT2D eigenvalue weighted by molar-refractivity contribution is 5.83. The highest BCUT2D eigenvalue weighted by Crippen LogP contribution is 2.33. The fourth-order valence-electron chi connectivity index (χ4n) is 2.44. The molecule has 0 fully saturated rings. The molecule has 2 heterocycles. The van der Waals surface area contributed by atoms with Gasteiger partial charge in [0.05, 0.1) is 18.8 Å². The molecule has 0 radical (unpaired) electrons. The zero-order valence-corrected chi connectivity index (χ0v) is 12.0. The van der Waals surface area contributed by atoms with Gasteiger partial charge >= 0.3 is 0 Å². The van der Waals surface area contributed by atoms with Crippen LogP contribution in [0, 0.1) is 6.92 Å². The van der Waals surface area contributed by atoms with Gasteiger partial charge in [-0.1, -0.05) is 17.3 Å². The molecule has 1 aromatic heterocycles. The number of carbonyl (C=O) groups excluding carboxylic acids is 1. The Morgan fingerprint density at radius 1 is 1.48 bits per heavy atom. The number of amides is 1. The molecule has 21 heavy (non-hydrogen) atoms. The van der Waals surface area contributed by atoms with Crippen molar-refractivity contribution in [1.82, 2.24) is 10.5 Å². The van der Waals surface area contributed by atoms with E-state index < -0.39 is 6.10 Å². The first-order valence-electron chi connectivity index (χ1n) is 6.82. The fraction of sp³-hybridized carbons (Fsp3) is 0.333. The summed E-state index contributed by atoms with van der Waals surface area (Å²) in [6.07, 6.45) is -0.530. The molecule has 1 aliphatic rings. The van der Waals surface area contributed by atoms with E-state index in [1.165, 1.54) is 0 Å². The lowest BCUT2D eigenvalue weighted by Crippen LogP contribution is -2.47. The first kappa shape index (κ1) is 13.5. The molecule has 110 valence electrons. The molecule has 0 unspecified atom stereocenters. The molecular formula is C15H17N3O3. The van der Waals surface area contributed by atoms with Crippen LogP contribution >= 0.6 is 0 Å². The highest BCUT2D eigenvalue weighted by Gasteiger charge is 2.30. The molecule has 1 aromatic carbocycles. The highest BCUT2D eigenvalue weighted by atomic mass is 16.5. The van der Waals surface area contributed by atoms with Crippen LogP contribution in [0.15, 0.2) is 34.9 Å². The maximum absolute atomic E-state index is 11.9. The Labute approximate surface area is 122 Å². The van der Waals surface area contributed by atoms with Crippen molar-refractivity contribution >= 4 is 11.6 Å². The van der Waals surface area contributed by atoms with E-state index >= 15 is 0 Å². The second-order valence-corrected chi connectivity index (χ2v) is 5.00. The third-order valence-corrected chi connectivity index (χ3v) is 3.43. The number of aryl methyl sites for hydroxylation is 1. The SMILES string of the molecule is CNC(=O)[C@@H]1CN(Cc2cc(C)on2)c2ccccc2O1. The Hall–Kier alpha value is -2.50. The van der Waals surface area contributed by atoms with E-state index in [0.717, 1.165) is 17.1 Å². The molecule has 0 saturated heterocycles. The molecule has 0 aliphatic carbocycles. The zero-order valence-electron chi connectivity index (χ0n) is 12.0. The minimum absolute atomic E-state index is 0.133. The van der Waals surface area contributed by atoms with Crippen molar-refractivity contribution in [1.29, 1.82) is 0 Å². The van der Waals surface area contributed by atoms with Crippen molar-refractivity contribution in [3.8, 4) is 5.75 Å². The number of likely N-dealkylation sites (N-methyl/N-ethyl adjacent to an activating group) is 1. The molecule has 1 aliphatic heterocycles.